The number of rotatable bonds is 3. The zero-order valence-electron chi connectivity index (χ0n) is 10.4. The van der Waals surface area contributed by atoms with Crippen LogP contribution in [0.25, 0.3) is 0 Å². The number of hydrogen-bond donors (Lipinski definition) is 1. The van der Waals surface area contributed by atoms with E-state index in [1.54, 1.807) is 4.57 Å². The van der Waals surface area contributed by atoms with Gasteiger partial charge in [0.2, 0.25) is 5.89 Å². The quantitative estimate of drug-likeness (QED) is 0.813. The number of imidazole rings is 1. The van der Waals surface area contributed by atoms with Crippen LogP contribution in [0.15, 0.2) is 10.7 Å². The van der Waals surface area contributed by atoms with Gasteiger partial charge in [0, 0.05) is 0 Å². The molecule has 0 radical (unpaired) electrons. The van der Waals surface area contributed by atoms with Crippen LogP contribution < -0.4 is 5.73 Å². The summed E-state index contributed by atoms with van der Waals surface area (Å²) in [5.41, 5.74) is 6.73. The predicted molar refractivity (Wildman–Crippen MR) is 63.1 cm³/mol. The molecule has 7 heteroatoms. The van der Waals surface area contributed by atoms with Crippen molar-refractivity contribution in [1.29, 1.82) is 0 Å². The highest BCUT2D eigenvalue weighted by molar-refractivity contribution is 5.92. The van der Waals surface area contributed by atoms with Gasteiger partial charge in [0.25, 0.3) is 0 Å². The fourth-order valence-electron chi connectivity index (χ4n) is 1.52. The maximum atomic E-state index is 11.3. The number of aromatic nitrogens is 3. The van der Waals surface area contributed by atoms with Crippen LogP contribution in [0.4, 0.5) is 5.82 Å². The van der Waals surface area contributed by atoms with Crippen molar-refractivity contribution < 1.29 is 13.9 Å². The van der Waals surface area contributed by atoms with Gasteiger partial charge in [-0.2, -0.15) is 0 Å². The number of ether oxygens (including phenoxy) is 1. The van der Waals surface area contributed by atoms with Crippen molar-refractivity contribution in [3.8, 4) is 0 Å². The molecule has 18 heavy (non-hydrogen) atoms. The molecule has 0 bridgehead atoms. The first-order chi connectivity index (χ1) is 8.52. The third-order valence-corrected chi connectivity index (χ3v) is 2.64. The SMILES string of the molecule is COC(=O)c1ncn(Cc2nc(C)c(C)o2)c1N. The summed E-state index contributed by atoms with van der Waals surface area (Å²) < 4.78 is 11.6. The average molecular weight is 250 g/mol. The van der Waals surface area contributed by atoms with E-state index in [0.717, 1.165) is 11.5 Å². The molecule has 2 aromatic rings. The van der Waals surface area contributed by atoms with Crippen LogP contribution in [-0.2, 0) is 11.3 Å². The maximum Gasteiger partial charge on any atom is 0.360 e. The predicted octanol–water partition coefficient (Wildman–Crippen LogP) is 0.905. The lowest BCUT2D eigenvalue weighted by Gasteiger charge is -2.01. The number of nitrogen functional groups attached to an aromatic ring is 1. The Bertz CT molecular complexity index is 566. The van der Waals surface area contributed by atoms with E-state index in [2.05, 4.69) is 14.7 Å². The van der Waals surface area contributed by atoms with E-state index in [1.807, 2.05) is 13.8 Å². The second-order valence-corrected chi connectivity index (χ2v) is 3.85. The van der Waals surface area contributed by atoms with Crippen LogP contribution >= 0.6 is 0 Å². The van der Waals surface area contributed by atoms with Gasteiger partial charge in [0.05, 0.1) is 19.1 Å². The third-order valence-electron chi connectivity index (χ3n) is 2.64. The lowest BCUT2D eigenvalue weighted by Crippen LogP contribution is -2.09. The monoisotopic (exact) mass is 250 g/mol. The molecule has 2 aromatic heterocycles. The molecule has 0 aliphatic heterocycles. The number of esters is 1. The maximum absolute atomic E-state index is 11.3. The summed E-state index contributed by atoms with van der Waals surface area (Å²) in [6.45, 7) is 4.02. The highest BCUT2D eigenvalue weighted by atomic mass is 16.5. The molecule has 0 atom stereocenters. The number of aryl methyl sites for hydroxylation is 2. The van der Waals surface area contributed by atoms with Crippen molar-refractivity contribution in [1.82, 2.24) is 14.5 Å². The number of nitrogens with two attached hydrogens (primary N) is 1. The average Bonchev–Trinajstić information content (AvgIpc) is 2.84. The second kappa shape index (κ2) is 4.52. The first kappa shape index (κ1) is 12.2. The van der Waals surface area contributed by atoms with Gasteiger partial charge < -0.3 is 19.5 Å². The van der Waals surface area contributed by atoms with Gasteiger partial charge in [0.1, 0.15) is 18.1 Å². The van der Waals surface area contributed by atoms with Crippen molar-refractivity contribution in [2.45, 2.75) is 20.4 Å². The molecule has 0 aliphatic rings. The molecule has 0 spiro atoms. The number of anilines is 1. The Balaban J connectivity index is 2.25. The highest BCUT2D eigenvalue weighted by Crippen LogP contribution is 2.15. The Labute approximate surface area is 104 Å². The molecule has 0 aromatic carbocycles. The Morgan fingerprint density at radius 1 is 1.56 bits per heavy atom. The molecule has 7 nitrogen and oxygen atoms in total. The molecule has 0 unspecified atom stereocenters. The number of nitrogens with zero attached hydrogens (tertiary/aromatic N) is 3. The number of oxazole rings is 1. The zero-order chi connectivity index (χ0) is 13.3. The second-order valence-electron chi connectivity index (χ2n) is 3.85. The fraction of sp³-hybridized carbons (Fsp3) is 0.364. The lowest BCUT2D eigenvalue weighted by molar-refractivity contribution is 0.0596. The molecule has 0 aliphatic carbocycles. The van der Waals surface area contributed by atoms with Crippen molar-refractivity contribution in [2.75, 3.05) is 12.8 Å². The van der Waals surface area contributed by atoms with Crippen LogP contribution in [0.2, 0.25) is 0 Å². The van der Waals surface area contributed by atoms with Crippen molar-refractivity contribution in [3.63, 3.8) is 0 Å². The van der Waals surface area contributed by atoms with Crippen molar-refractivity contribution in [3.05, 3.63) is 29.4 Å². The number of carbonyl (C=O) groups excluding carboxylic acids is 1. The summed E-state index contributed by atoms with van der Waals surface area (Å²) in [4.78, 5) is 19.5. The summed E-state index contributed by atoms with van der Waals surface area (Å²) in [5, 5.41) is 0. The molecular weight excluding hydrogens is 236 g/mol. The van der Waals surface area contributed by atoms with Gasteiger partial charge in [-0.25, -0.2) is 14.8 Å². The minimum atomic E-state index is -0.564. The molecule has 96 valence electrons. The van der Waals surface area contributed by atoms with Crippen LogP contribution in [0.5, 0.6) is 0 Å². The van der Waals surface area contributed by atoms with Crippen LogP contribution in [0.3, 0.4) is 0 Å². The Morgan fingerprint density at radius 3 is 2.83 bits per heavy atom. The van der Waals surface area contributed by atoms with Gasteiger partial charge in [-0.3, -0.25) is 0 Å². The topological polar surface area (TPSA) is 96.2 Å². The van der Waals surface area contributed by atoms with E-state index in [0.29, 0.717) is 12.4 Å². The van der Waals surface area contributed by atoms with Crippen molar-refractivity contribution >= 4 is 11.8 Å². The third kappa shape index (κ3) is 2.06. The molecule has 0 fully saturated rings. The Kier molecular flexibility index (Phi) is 3.05. The summed E-state index contributed by atoms with van der Waals surface area (Å²) >= 11 is 0. The number of methoxy groups -OCH3 is 1. The molecule has 2 rings (SSSR count). The van der Waals surface area contributed by atoms with E-state index in [1.165, 1.54) is 13.4 Å². The molecular formula is C11H14N4O3. The molecule has 2 N–H and O–H groups in total. The van der Waals surface area contributed by atoms with Crippen LogP contribution in [0, 0.1) is 13.8 Å². The molecule has 0 saturated carbocycles. The van der Waals surface area contributed by atoms with E-state index in [4.69, 9.17) is 10.2 Å². The van der Waals surface area contributed by atoms with E-state index in [-0.39, 0.29) is 11.5 Å². The number of hydrogen-bond acceptors (Lipinski definition) is 6. The van der Waals surface area contributed by atoms with Gasteiger partial charge >= 0.3 is 5.97 Å². The van der Waals surface area contributed by atoms with E-state index < -0.39 is 5.97 Å². The van der Waals surface area contributed by atoms with Gasteiger partial charge in [-0.15, -0.1) is 0 Å². The lowest BCUT2D eigenvalue weighted by atomic mass is 10.4. The first-order valence-corrected chi connectivity index (χ1v) is 5.34. The first-order valence-electron chi connectivity index (χ1n) is 5.34. The summed E-state index contributed by atoms with van der Waals surface area (Å²) in [7, 11) is 1.28. The molecule has 0 saturated heterocycles. The van der Waals surface area contributed by atoms with Crippen LogP contribution in [-0.4, -0.2) is 27.6 Å². The minimum absolute atomic E-state index is 0.0949. The summed E-state index contributed by atoms with van der Waals surface area (Å²) in [6.07, 6.45) is 1.45. The van der Waals surface area contributed by atoms with Crippen LogP contribution in [0.1, 0.15) is 27.8 Å². The largest absolute Gasteiger partial charge is 0.464 e. The minimum Gasteiger partial charge on any atom is -0.464 e. The Hall–Kier alpha value is -2.31. The normalized spacial score (nSPS) is 10.6. The Morgan fingerprint density at radius 2 is 2.28 bits per heavy atom. The number of carbonyl (C=O) groups is 1. The molecule has 0 amide bonds. The van der Waals surface area contributed by atoms with Gasteiger partial charge in [-0.1, -0.05) is 0 Å². The van der Waals surface area contributed by atoms with Gasteiger partial charge in [-0.05, 0) is 13.8 Å². The summed E-state index contributed by atoms with van der Waals surface area (Å²) in [5.74, 6) is 0.948. The smallest absolute Gasteiger partial charge is 0.360 e. The summed E-state index contributed by atoms with van der Waals surface area (Å²) in [6, 6.07) is 0. The highest BCUT2D eigenvalue weighted by Gasteiger charge is 2.17. The van der Waals surface area contributed by atoms with E-state index in [9.17, 15) is 4.79 Å². The van der Waals surface area contributed by atoms with Crippen molar-refractivity contribution in [2.24, 2.45) is 0 Å². The van der Waals surface area contributed by atoms with E-state index >= 15 is 0 Å². The zero-order valence-corrected chi connectivity index (χ0v) is 10.4. The standard InChI is InChI=1S/C11H14N4O3/c1-6-7(2)18-8(14-6)4-15-5-13-9(10(15)12)11(16)17-3/h5H,4,12H2,1-3H3. The van der Waals surface area contributed by atoms with Gasteiger partial charge in [0.15, 0.2) is 5.69 Å². The fourth-order valence-corrected chi connectivity index (χ4v) is 1.52. The molecule has 2 heterocycles.